The number of hydrogen-bond acceptors (Lipinski definition) is 5. The summed E-state index contributed by atoms with van der Waals surface area (Å²) in [6.07, 6.45) is 0.704. The van der Waals surface area contributed by atoms with Crippen molar-refractivity contribution in [2.75, 3.05) is 13.2 Å². The predicted octanol–water partition coefficient (Wildman–Crippen LogP) is 3.76. The van der Waals surface area contributed by atoms with E-state index in [1.165, 1.54) is 11.1 Å². The summed E-state index contributed by atoms with van der Waals surface area (Å²) in [6, 6.07) is 26.9. The van der Waals surface area contributed by atoms with Crippen molar-refractivity contribution < 1.29 is 14.3 Å². The smallest absolute Gasteiger partial charge is 0.378 e. The quantitative estimate of drug-likeness (QED) is 0.422. The fourth-order valence-corrected chi connectivity index (χ4v) is 3.40. The van der Waals surface area contributed by atoms with Crippen LogP contribution < -0.4 is 5.32 Å². The van der Waals surface area contributed by atoms with Gasteiger partial charge < -0.3 is 10.1 Å². The van der Waals surface area contributed by atoms with Gasteiger partial charge in [0.15, 0.2) is 12.4 Å². The molecule has 0 atom stereocenters. The minimum Gasteiger partial charge on any atom is -0.450 e. The highest BCUT2D eigenvalue weighted by Crippen LogP contribution is 2.21. The minimum atomic E-state index is -0.754. The first-order valence-corrected chi connectivity index (χ1v) is 10.7. The second-order valence-electron chi connectivity index (χ2n) is 7.47. The molecule has 4 aromatic rings. The lowest BCUT2D eigenvalue weighted by Crippen LogP contribution is -2.30. The molecule has 0 aliphatic carbocycles. The molecule has 3 aromatic carbocycles. The Morgan fingerprint density at radius 3 is 2.30 bits per heavy atom. The summed E-state index contributed by atoms with van der Waals surface area (Å²) in [4.78, 5) is 29.1. The van der Waals surface area contributed by atoms with E-state index in [1.807, 2.05) is 91.9 Å². The van der Waals surface area contributed by atoms with Gasteiger partial charge in [-0.25, -0.2) is 14.5 Å². The van der Waals surface area contributed by atoms with Crippen LogP contribution >= 0.6 is 0 Å². The maximum atomic E-state index is 12.6. The van der Waals surface area contributed by atoms with Crippen LogP contribution in [-0.4, -0.2) is 39.8 Å². The third-order valence-corrected chi connectivity index (χ3v) is 5.13. The van der Waals surface area contributed by atoms with E-state index in [9.17, 15) is 9.59 Å². The molecule has 1 aromatic heterocycles. The Bertz CT molecular complexity index is 1180. The molecule has 1 amide bonds. The summed E-state index contributed by atoms with van der Waals surface area (Å²) in [7, 11) is 0. The van der Waals surface area contributed by atoms with E-state index in [2.05, 4.69) is 15.4 Å². The molecule has 0 saturated heterocycles. The molecule has 0 bridgehead atoms. The Kier molecular flexibility index (Phi) is 6.90. The standard InChI is InChI=1S/C26H24N4O3/c1-19-10-8-9-11-20(19)16-17-27-23(31)18-33-26(32)24-28-25(21-12-4-2-5-13-21)30(29-24)22-14-6-3-7-15-22/h2-15H,16-18H2,1H3,(H,27,31). The molecule has 4 rings (SSSR count). The molecule has 0 spiro atoms. The number of rotatable bonds is 8. The van der Waals surface area contributed by atoms with Crippen molar-refractivity contribution in [1.29, 1.82) is 0 Å². The Balaban J connectivity index is 1.40. The molecule has 7 nitrogen and oxygen atoms in total. The summed E-state index contributed by atoms with van der Waals surface area (Å²) in [5.74, 6) is -0.722. The van der Waals surface area contributed by atoms with Gasteiger partial charge in [-0.3, -0.25) is 4.79 Å². The minimum absolute atomic E-state index is 0.106. The van der Waals surface area contributed by atoms with Crippen molar-refractivity contribution in [3.63, 3.8) is 0 Å². The van der Waals surface area contributed by atoms with Crippen LogP contribution in [0.15, 0.2) is 84.9 Å². The number of nitrogens with one attached hydrogen (secondary N) is 1. The Hall–Kier alpha value is -4.26. The van der Waals surface area contributed by atoms with E-state index in [0.717, 1.165) is 11.3 Å². The van der Waals surface area contributed by atoms with Crippen LogP contribution in [0.1, 0.15) is 21.7 Å². The Morgan fingerprint density at radius 2 is 1.58 bits per heavy atom. The molecule has 0 aliphatic rings. The average Bonchev–Trinajstić information content (AvgIpc) is 3.31. The van der Waals surface area contributed by atoms with Gasteiger partial charge in [0, 0.05) is 12.1 Å². The Labute approximate surface area is 192 Å². The van der Waals surface area contributed by atoms with Crippen molar-refractivity contribution in [2.24, 2.45) is 0 Å². The molecule has 7 heteroatoms. The van der Waals surface area contributed by atoms with Gasteiger partial charge in [-0.2, -0.15) is 0 Å². The van der Waals surface area contributed by atoms with Crippen molar-refractivity contribution >= 4 is 11.9 Å². The second kappa shape index (κ2) is 10.4. The number of nitrogens with zero attached hydrogens (tertiary/aromatic N) is 3. The lowest BCUT2D eigenvalue weighted by atomic mass is 10.1. The summed E-state index contributed by atoms with van der Waals surface area (Å²) in [5, 5.41) is 7.12. The van der Waals surface area contributed by atoms with Crippen molar-refractivity contribution in [3.8, 4) is 17.1 Å². The third-order valence-electron chi connectivity index (χ3n) is 5.13. The summed E-state index contributed by atoms with van der Waals surface area (Å²) < 4.78 is 6.76. The van der Waals surface area contributed by atoms with Gasteiger partial charge >= 0.3 is 5.97 Å². The van der Waals surface area contributed by atoms with Crippen molar-refractivity contribution in [1.82, 2.24) is 20.1 Å². The number of para-hydroxylation sites is 1. The van der Waals surface area contributed by atoms with E-state index in [-0.39, 0.29) is 11.7 Å². The molecule has 166 valence electrons. The van der Waals surface area contributed by atoms with Gasteiger partial charge in [-0.1, -0.05) is 72.8 Å². The fourth-order valence-electron chi connectivity index (χ4n) is 3.40. The number of esters is 1. The molecule has 0 aliphatic heterocycles. The fraction of sp³-hybridized carbons (Fsp3) is 0.154. The molecular weight excluding hydrogens is 416 g/mol. The number of ether oxygens (including phenoxy) is 1. The zero-order valence-electron chi connectivity index (χ0n) is 18.3. The van der Waals surface area contributed by atoms with Crippen LogP contribution in [0, 0.1) is 6.92 Å². The van der Waals surface area contributed by atoms with Crippen molar-refractivity contribution in [2.45, 2.75) is 13.3 Å². The summed E-state index contributed by atoms with van der Waals surface area (Å²) in [5.41, 5.74) is 3.91. The number of aromatic nitrogens is 3. The van der Waals surface area contributed by atoms with Crippen LogP contribution in [0.25, 0.3) is 17.1 Å². The second-order valence-corrected chi connectivity index (χ2v) is 7.47. The topological polar surface area (TPSA) is 86.1 Å². The van der Waals surface area contributed by atoms with E-state index in [4.69, 9.17) is 4.74 Å². The molecule has 33 heavy (non-hydrogen) atoms. The zero-order valence-corrected chi connectivity index (χ0v) is 18.3. The SMILES string of the molecule is Cc1ccccc1CCNC(=O)COC(=O)c1nc(-c2ccccc2)n(-c2ccccc2)n1. The number of aryl methyl sites for hydroxylation is 1. The molecule has 0 radical (unpaired) electrons. The summed E-state index contributed by atoms with van der Waals surface area (Å²) in [6.45, 7) is 2.09. The van der Waals surface area contributed by atoms with Gasteiger partial charge in [-0.15, -0.1) is 5.10 Å². The van der Waals surface area contributed by atoms with Crippen LogP contribution in [0.2, 0.25) is 0 Å². The number of benzene rings is 3. The summed E-state index contributed by atoms with van der Waals surface area (Å²) >= 11 is 0. The maximum absolute atomic E-state index is 12.6. The first kappa shape index (κ1) is 22.0. The van der Waals surface area contributed by atoms with E-state index >= 15 is 0 Å². The van der Waals surface area contributed by atoms with Gasteiger partial charge in [-0.05, 0) is 36.6 Å². The monoisotopic (exact) mass is 440 g/mol. The molecule has 0 fully saturated rings. The van der Waals surface area contributed by atoms with Crippen LogP contribution in [0.5, 0.6) is 0 Å². The molecule has 0 unspecified atom stereocenters. The average molecular weight is 441 g/mol. The molecule has 1 heterocycles. The van der Waals surface area contributed by atoms with Crippen LogP contribution in [-0.2, 0) is 16.0 Å². The molecule has 0 saturated carbocycles. The van der Waals surface area contributed by atoms with Crippen LogP contribution in [0.3, 0.4) is 0 Å². The molecular formula is C26H24N4O3. The Morgan fingerprint density at radius 1 is 0.909 bits per heavy atom. The molecule has 1 N–H and O–H groups in total. The number of carbonyl (C=O) groups excluding carboxylic acids is 2. The zero-order chi connectivity index (χ0) is 23.0. The van der Waals surface area contributed by atoms with Crippen molar-refractivity contribution in [3.05, 3.63) is 102 Å². The van der Waals surface area contributed by atoms with Crippen LogP contribution in [0.4, 0.5) is 0 Å². The van der Waals surface area contributed by atoms with Gasteiger partial charge in [0.2, 0.25) is 0 Å². The highest BCUT2D eigenvalue weighted by Gasteiger charge is 2.20. The normalized spacial score (nSPS) is 10.6. The van der Waals surface area contributed by atoms with E-state index < -0.39 is 12.6 Å². The third kappa shape index (κ3) is 5.51. The first-order chi connectivity index (χ1) is 16.1. The van der Waals surface area contributed by atoms with E-state index in [1.54, 1.807) is 4.68 Å². The maximum Gasteiger partial charge on any atom is 0.378 e. The van der Waals surface area contributed by atoms with Gasteiger partial charge in [0.25, 0.3) is 11.7 Å². The van der Waals surface area contributed by atoms with E-state index in [0.29, 0.717) is 18.8 Å². The lowest BCUT2D eigenvalue weighted by Gasteiger charge is -2.07. The van der Waals surface area contributed by atoms with Gasteiger partial charge in [0.1, 0.15) is 0 Å². The highest BCUT2D eigenvalue weighted by atomic mass is 16.5. The lowest BCUT2D eigenvalue weighted by molar-refractivity contribution is -0.124. The first-order valence-electron chi connectivity index (χ1n) is 10.7. The predicted molar refractivity (Wildman–Crippen MR) is 125 cm³/mol. The number of amides is 1. The largest absolute Gasteiger partial charge is 0.450 e. The number of hydrogen-bond donors (Lipinski definition) is 1. The van der Waals surface area contributed by atoms with Gasteiger partial charge in [0.05, 0.1) is 5.69 Å². The number of carbonyl (C=O) groups is 2. The highest BCUT2D eigenvalue weighted by molar-refractivity contribution is 5.88.